The Morgan fingerprint density at radius 2 is 2.03 bits per heavy atom. The summed E-state index contributed by atoms with van der Waals surface area (Å²) in [5, 5.41) is 0.839. The number of para-hydroxylation sites is 1. The zero-order valence-corrected chi connectivity index (χ0v) is 18.7. The van der Waals surface area contributed by atoms with E-state index in [9.17, 15) is 4.79 Å². The van der Waals surface area contributed by atoms with E-state index >= 15 is 0 Å². The van der Waals surface area contributed by atoms with Gasteiger partial charge in [-0.1, -0.05) is 25.1 Å². The molecule has 4 aromatic rings. The van der Waals surface area contributed by atoms with Gasteiger partial charge in [0.15, 0.2) is 0 Å². The second-order valence-electron chi connectivity index (χ2n) is 7.33. The number of rotatable bonds is 8. The first-order valence-corrected chi connectivity index (χ1v) is 11.1. The van der Waals surface area contributed by atoms with Crippen LogP contribution in [0.3, 0.4) is 0 Å². The zero-order chi connectivity index (χ0) is 21.8. The molecule has 0 saturated carbocycles. The van der Waals surface area contributed by atoms with Crippen LogP contribution in [0, 0.1) is 6.92 Å². The molecule has 31 heavy (non-hydrogen) atoms. The lowest BCUT2D eigenvalue weighted by Gasteiger charge is -2.06. The number of aromatic nitrogens is 3. The molecule has 160 valence electrons. The SMILES string of the molecule is CCCn1cnc2cc(COC(=O)Cc3sc(-c4ccccc4OC)nc3C)ccc21. The number of imidazole rings is 1. The van der Waals surface area contributed by atoms with E-state index in [4.69, 9.17) is 9.47 Å². The maximum absolute atomic E-state index is 12.5. The highest BCUT2D eigenvalue weighted by molar-refractivity contribution is 7.15. The fourth-order valence-corrected chi connectivity index (χ4v) is 4.57. The third-order valence-corrected chi connectivity index (χ3v) is 6.28. The standard InChI is InChI=1S/C24H25N3O3S/c1-4-11-27-15-25-19-12-17(9-10-20(19)27)14-30-23(28)13-22-16(2)26-24(31-22)18-7-5-6-8-21(18)29-3/h5-10,12,15H,4,11,13-14H2,1-3H3. The molecule has 0 unspecified atom stereocenters. The largest absolute Gasteiger partial charge is 0.496 e. The number of fused-ring (bicyclic) bond motifs is 1. The van der Waals surface area contributed by atoms with E-state index in [1.807, 2.05) is 55.7 Å². The van der Waals surface area contributed by atoms with Gasteiger partial charge in [-0.25, -0.2) is 9.97 Å². The van der Waals surface area contributed by atoms with Crippen LogP contribution in [0.1, 0.15) is 29.5 Å². The predicted octanol–water partition coefficient (Wildman–Crippen LogP) is 5.17. The van der Waals surface area contributed by atoms with Crippen molar-refractivity contribution in [2.45, 2.75) is 39.8 Å². The summed E-state index contributed by atoms with van der Waals surface area (Å²) in [7, 11) is 1.64. The van der Waals surface area contributed by atoms with Gasteiger partial charge in [-0.3, -0.25) is 4.79 Å². The Morgan fingerprint density at radius 1 is 1.19 bits per heavy atom. The van der Waals surface area contributed by atoms with Crippen molar-refractivity contribution >= 4 is 28.3 Å². The van der Waals surface area contributed by atoms with Crippen molar-refractivity contribution < 1.29 is 14.3 Å². The van der Waals surface area contributed by atoms with Crippen LogP contribution in [-0.4, -0.2) is 27.6 Å². The van der Waals surface area contributed by atoms with Crippen molar-refractivity contribution in [3.05, 3.63) is 64.9 Å². The van der Waals surface area contributed by atoms with E-state index in [0.29, 0.717) is 0 Å². The lowest BCUT2D eigenvalue weighted by molar-refractivity contribution is -0.144. The molecule has 2 aromatic heterocycles. The van der Waals surface area contributed by atoms with Crippen LogP contribution in [0.25, 0.3) is 21.6 Å². The van der Waals surface area contributed by atoms with Crippen molar-refractivity contribution in [2.75, 3.05) is 7.11 Å². The number of carbonyl (C=O) groups excluding carboxylic acids is 1. The Kier molecular flexibility index (Phi) is 6.32. The van der Waals surface area contributed by atoms with Gasteiger partial charge >= 0.3 is 5.97 Å². The molecule has 4 rings (SSSR count). The number of thiazole rings is 1. The molecule has 6 nitrogen and oxygen atoms in total. The summed E-state index contributed by atoms with van der Waals surface area (Å²) in [5.74, 6) is 0.497. The topological polar surface area (TPSA) is 66.2 Å². The Hall–Kier alpha value is -3.19. The normalized spacial score (nSPS) is 11.1. The molecule has 0 radical (unpaired) electrons. The minimum Gasteiger partial charge on any atom is -0.496 e. The molecule has 0 atom stereocenters. The van der Waals surface area contributed by atoms with Gasteiger partial charge < -0.3 is 14.0 Å². The van der Waals surface area contributed by atoms with Crippen molar-refractivity contribution in [2.24, 2.45) is 0 Å². The molecule has 0 amide bonds. The number of methoxy groups -OCH3 is 1. The molecule has 0 aliphatic rings. The number of carbonyl (C=O) groups is 1. The number of esters is 1. The summed E-state index contributed by atoms with van der Waals surface area (Å²) >= 11 is 1.50. The molecule has 2 heterocycles. The zero-order valence-electron chi connectivity index (χ0n) is 17.9. The smallest absolute Gasteiger partial charge is 0.311 e. The van der Waals surface area contributed by atoms with Gasteiger partial charge in [0.1, 0.15) is 17.4 Å². The van der Waals surface area contributed by atoms with E-state index in [1.165, 1.54) is 11.3 Å². The first-order chi connectivity index (χ1) is 15.1. The van der Waals surface area contributed by atoms with Crippen LogP contribution in [0.2, 0.25) is 0 Å². The molecule has 0 saturated heterocycles. The molecule has 7 heteroatoms. The summed E-state index contributed by atoms with van der Waals surface area (Å²) in [6.45, 7) is 5.23. The molecule has 0 bridgehead atoms. The summed E-state index contributed by atoms with van der Waals surface area (Å²) in [5.41, 5.74) is 4.71. The monoisotopic (exact) mass is 435 g/mol. The Bertz CT molecular complexity index is 1210. The van der Waals surface area contributed by atoms with Gasteiger partial charge in [-0.05, 0) is 43.2 Å². The Balaban J connectivity index is 1.41. The van der Waals surface area contributed by atoms with Crippen molar-refractivity contribution in [1.82, 2.24) is 14.5 Å². The Labute approximate surface area is 185 Å². The van der Waals surface area contributed by atoms with Crippen LogP contribution in [0.5, 0.6) is 5.75 Å². The van der Waals surface area contributed by atoms with Crippen LogP contribution in [0.15, 0.2) is 48.8 Å². The third kappa shape index (κ3) is 4.61. The number of benzene rings is 2. The van der Waals surface area contributed by atoms with Gasteiger partial charge in [-0.15, -0.1) is 11.3 Å². The lowest BCUT2D eigenvalue weighted by atomic mass is 10.2. The highest BCUT2D eigenvalue weighted by Crippen LogP contribution is 2.34. The molecule has 0 aliphatic carbocycles. The quantitative estimate of drug-likeness (QED) is 0.357. The van der Waals surface area contributed by atoms with E-state index in [-0.39, 0.29) is 19.0 Å². The molecule has 2 aromatic carbocycles. The van der Waals surface area contributed by atoms with Gasteiger partial charge in [0.2, 0.25) is 0 Å². The highest BCUT2D eigenvalue weighted by atomic mass is 32.1. The summed E-state index contributed by atoms with van der Waals surface area (Å²) in [6, 6.07) is 13.7. The van der Waals surface area contributed by atoms with Crippen molar-refractivity contribution in [3.63, 3.8) is 0 Å². The summed E-state index contributed by atoms with van der Waals surface area (Å²) in [4.78, 5) is 22.5. The maximum atomic E-state index is 12.5. The van der Waals surface area contributed by atoms with Gasteiger partial charge in [0, 0.05) is 11.4 Å². The van der Waals surface area contributed by atoms with E-state index in [2.05, 4.69) is 21.5 Å². The summed E-state index contributed by atoms with van der Waals surface area (Å²) in [6.07, 6.45) is 3.11. The van der Waals surface area contributed by atoms with Crippen LogP contribution >= 0.6 is 11.3 Å². The number of nitrogens with zero attached hydrogens (tertiary/aromatic N) is 3. The van der Waals surface area contributed by atoms with Crippen molar-refractivity contribution in [3.8, 4) is 16.3 Å². The van der Waals surface area contributed by atoms with Crippen LogP contribution < -0.4 is 4.74 Å². The number of ether oxygens (including phenoxy) is 2. The van der Waals surface area contributed by atoms with E-state index in [1.54, 1.807) is 7.11 Å². The predicted molar refractivity (Wildman–Crippen MR) is 122 cm³/mol. The van der Waals surface area contributed by atoms with Gasteiger partial charge in [0.25, 0.3) is 0 Å². The average Bonchev–Trinajstić information content (AvgIpc) is 3.35. The molecule has 0 aliphatic heterocycles. The minimum atomic E-state index is -0.269. The second kappa shape index (κ2) is 9.31. The minimum absolute atomic E-state index is 0.200. The Morgan fingerprint density at radius 3 is 2.84 bits per heavy atom. The third-order valence-electron chi connectivity index (χ3n) is 5.08. The lowest BCUT2D eigenvalue weighted by Crippen LogP contribution is -2.08. The first kappa shape index (κ1) is 21.1. The fraction of sp³-hybridized carbons (Fsp3) is 0.292. The fourth-order valence-electron chi connectivity index (χ4n) is 3.49. The molecule has 0 N–H and O–H groups in total. The van der Waals surface area contributed by atoms with E-state index in [0.717, 1.165) is 56.5 Å². The number of aryl methyl sites for hydroxylation is 2. The first-order valence-electron chi connectivity index (χ1n) is 10.3. The molecular formula is C24H25N3O3S. The molecular weight excluding hydrogens is 410 g/mol. The number of hydrogen-bond donors (Lipinski definition) is 0. The average molecular weight is 436 g/mol. The van der Waals surface area contributed by atoms with Crippen molar-refractivity contribution in [1.29, 1.82) is 0 Å². The van der Waals surface area contributed by atoms with Gasteiger partial charge in [0.05, 0.1) is 42.1 Å². The second-order valence-corrected chi connectivity index (χ2v) is 8.41. The maximum Gasteiger partial charge on any atom is 0.311 e. The van der Waals surface area contributed by atoms with E-state index < -0.39 is 0 Å². The molecule has 0 fully saturated rings. The molecule has 0 spiro atoms. The summed E-state index contributed by atoms with van der Waals surface area (Å²) < 4.78 is 13.1. The number of hydrogen-bond acceptors (Lipinski definition) is 6. The highest BCUT2D eigenvalue weighted by Gasteiger charge is 2.16. The van der Waals surface area contributed by atoms with Gasteiger partial charge in [-0.2, -0.15) is 0 Å². The van der Waals surface area contributed by atoms with Crippen LogP contribution in [-0.2, 0) is 29.1 Å². The van der Waals surface area contributed by atoms with Crippen LogP contribution in [0.4, 0.5) is 0 Å².